The highest BCUT2D eigenvalue weighted by Gasteiger charge is 2.38. The summed E-state index contributed by atoms with van der Waals surface area (Å²) in [6, 6.07) is 56.5. The van der Waals surface area contributed by atoms with Gasteiger partial charge in [-0.15, -0.1) is 0 Å². The molecule has 0 spiro atoms. The maximum Gasteiger partial charge on any atom is 0.407 e. The molecular formula is C49H44N4O4. The van der Waals surface area contributed by atoms with Gasteiger partial charge in [-0.3, -0.25) is 4.79 Å². The van der Waals surface area contributed by atoms with Gasteiger partial charge in [0.05, 0.1) is 12.0 Å². The van der Waals surface area contributed by atoms with Crippen LogP contribution in [0, 0.1) is 0 Å². The lowest BCUT2D eigenvalue weighted by atomic mass is 9.77. The second-order valence-electron chi connectivity index (χ2n) is 14.1. The molecule has 0 bridgehead atoms. The maximum absolute atomic E-state index is 13.7. The monoisotopic (exact) mass is 752 g/mol. The van der Waals surface area contributed by atoms with Gasteiger partial charge < -0.3 is 24.7 Å². The topological polar surface area (TPSA) is 94.5 Å². The maximum atomic E-state index is 13.7. The molecule has 8 heteroatoms. The Morgan fingerprint density at radius 2 is 1.14 bits per heavy atom. The Hall–Kier alpha value is -6.77. The number of imidazole rings is 1. The van der Waals surface area contributed by atoms with Crippen molar-refractivity contribution in [3.63, 3.8) is 0 Å². The zero-order chi connectivity index (χ0) is 38.9. The third-order valence-electron chi connectivity index (χ3n) is 10.6. The van der Waals surface area contributed by atoms with E-state index in [4.69, 9.17) is 14.5 Å². The van der Waals surface area contributed by atoms with Crippen molar-refractivity contribution in [1.82, 2.24) is 20.2 Å². The summed E-state index contributed by atoms with van der Waals surface area (Å²) in [6.07, 6.45) is 3.61. The minimum atomic E-state index is -0.737. The summed E-state index contributed by atoms with van der Waals surface area (Å²) in [5.74, 6) is -0.441. The van der Waals surface area contributed by atoms with Gasteiger partial charge in [0, 0.05) is 31.6 Å². The lowest BCUT2D eigenvalue weighted by Gasteiger charge is -2.37. The van der Waals surface area contributed by atoms with Gasteiger partial charge in [0.2, 0.25) is 0 Å². The van der Waals surface area contributed by atoms with Gasteiger partial charge in [0.1, 0.15) is 24.8 Å². The molecule has 0 fully saturated rings. The van der Waals surface area contributed by atoms with Gasteiger partial charge >= 0.3 is 12.1 Å². The molecular weight excluding hydrogens is 709 g/mol. The van der Waals surface area contributed by atoms with E-state index in [1.165, 1.54) is 11.1 Å². The Balaban J connectivity index is 0.981. The predicted molar refractivity (Wildman–Crippen MR) is 222 cm³/mol. The number of fused-ring (bicyclic) bond motifs is 3. The molecule has 0 saturated carbocycles. The first kappa shape index (κ1) is 37.2. The Bertz CT molecular complexity index is 2260. The van der Waals surface area contributed by atoms with Crippen molar-refractivity contribution in [2.45, 2.75) is 30.5 Å². The summed E-state index contributed by atoms with van der Waals surface area (Å²) in [7, 11) is 0. The Labute approximate surface area is 333 Å². The number of carbonyl (C=O) groups is 2. The second kappa shape index (κ2) is 17.4. The predicted octanol–water partition coefficient (Wildman–Crippen LogP) is 8.51. The van der Waals surface area contributed by atoms with Crippen molar-refractivity contribution >= 4 is 12.1 Å². The van der Waals surface area contributed by atoms with Crippen LogP contribution in [0.5, 0.6) is 0 Å². The highest BCUT2D eigenvalue weighted by atomic mass is 16.5. The molecule has 57 heavy (non-hydrogen) atoms. The van der Waals surface area contributed by atoms with Gasteiger partial charge in [-0.2, -0.15) is 0 Å². The fourth-order valence-corrected chi connectivity index (χ4v) is 7.98. The van der Waals surface area contributed by atoms with Gasteiger partial charge in [-0.05, 0) is 44.5 Å². The number of hydrogen-bond donors (Lipinski definition) is 2. The average molecular weight is 753 g/mol. The van der Waals surface area contributed by atoms with E-state index < -0.39 is 23.6 Å². The van der Waals surface area contributed by atoms with Crippen LogP contribution in [0.2, 0.25) is 0 Å². The summed E-state index contributed by atoms with van der Waals surface area (Å²) in [5.41, 5.74) is 8.73. The van der Waals surface area contributed by atoms with Crippen LogP contribution in [-0.2, 0) is 32.8 Å². The first-order chi connectivity index (χ1) is 28.1. The van der Waals surface area contributed by atoms with Gasteiger partial charge in [0.15, 0.2) is 0 Å². The largest absolute Gasteiger partial charge is 0.460 e. The molecule has 7 aromatic rings. The van der Waals surface area contributed by atoms with Crippen LogP contribution in [-0.4, -0.2) is 47.4 Å². The fourth-order valence-electron chi connectivity index (χ4n) is 7.98. The molecule has 8 rings (SSSR count). The van der Waals surface area contributed by atoms with Crippen molar-refractivity contribution < 1.29 is 19.1 Å². The van der Waals surface area contributed by atoms with Crippen LogP contribution in [0.3, 0.4) is 0 Å². The summed E-state index contributed by atoms with van der Waals surface area (Å²) in [6.45, 7) is 0.912. The van der Waals surface area contributed by atoms with E-state index in [1.807, 2.05) is 122 Å². The summed E-state index contributed by atoms with van der Waals surface area (Å²) in [5, 5.41) is 6.19. The quantitative estimate of drug-likeness (QED) is 0.0620. The van der Waals surface area contributed by atoms with Crippen molar-refractivity contribution in [2.75, 3.05) is 19.7 Å². The Kier molecular flexibility index (Phi) is 11.3. The lowest BCUT2D eigenvalue weighted by molar-refractivity contribution is -0.147. The Morgan fingerprint density at radius 1 is 0.632 bits per heavy atom. The molecule has 1 heterocycles. The SMILES string of the molecule is O=C(NCCN[C@@H](Cc1cn(C(c2ccccc2)(c2ccccc2)c2ccccc2)cn1)C(=O)OCc1ccccc1)OCC1c2ccccc2-c2ccccc21. The van der Waals surface area contributed by atoms with E-state index in [0.717, 1.165) is 33.4 Å². The molecule has 0 radical (unpaired) electrons. The standard InChI is InChI=1S/C49H44N4O4/c54-47(56-33-36-17-5-1-6-18-36)46(50-29-30-51-48(55)57-34-45-43-27-15-13-25-41(43)42-26-14-16-28-44(42)45)31-40-32-53(35-52-40)49(37-19-7-2-8-20-37,38-21-9-3-10-22-38)39-23-11-4-12-24-39/h1-28,32,35,45-46,50H,29-31,33-34H2,(H,51,55)/t46-/m0/s1. The van der Waals surface area contributed by atoms with Crippen molar-refractivity contribution in [2.24, 2.45) is 0 Å². The van der Waals surface area contributed by atoms with E-state index in [2.05, 4.69) is 75.9 Å². The highest BCUT2D eigenvalue weighted by Crippen LogP contribution is 2.44. The minimum absolute atomic E-state index is 0.0331. The number of aromatic nitrogens is 2. The van der Waals surface area contributed by atoms with Crippen LogP contribution in [0.1, 0.15) is 45.0 Å². The van der Waals surface area contributed by atoms with Gasteiger partial charge in [0.25, 0.3) is 0 Å². The number of benzene rings is 6. The van der Waals surface area contributed by atoms with Crippen LogP contribution >= 0.6 is 0 Å². The van der Waals surface area contributed by atoms with E-state index in [0.29, 0.717) is 12.2 Å². The molecule has 284 valence electrons. The number of rotatable bonds is 15. The summed E-state index contributed by atoms with van der Waals surface area (Å²) in [4.78, 5) is 31.5. The zero-order valence-corrected chi connectivity index (χ0v) is 31.5. The first-order valence-corrected chi connectivity index (χ1v) is 19.3. The van der Waals surface area contributed by atoms with Crippen LogP contribution in [0.25, 0.3) is 11.1 Å². The lowest BCUT2D eigenvalue weighted by Crippen LogP contribution is -2.43. The van der Waals surface area contributed by atoms with Crippen LogP contribution < -0.4 is 10.6 Å². The summed E-state index contributed by atoms with van der Waals surface area (Å²) < 4.78 is 13.7. The van der Waals surface area contributed by atoms with Crippen molar-refractivity contribution in [3.05, 3.63) is 221 Å². The zero-order valence-electron chi connectivity index (χ0n) is 31.5. The number of ether oxygens (including phenoxy) is 2. The molecule has 0 unspecified atom stereocenters. The highest BCUT2D eigenvalue weighted by molar-refractivity contribution is 5.79. The number of esters is 1. The molecule has 0 aliphatic heterocycles. The number of carbonyl (C=O) groups excluding carboxylic acids is 2. The smallest absolute Gasteiger partial charge is 0.407 e. The summed E-state index contributed by atoms with van der Waals surface area (Å²) >= 11 is 0. The molecule has 1 amide bonds. The van der Waals surface area contributed by atoms with Gasteiger partial charge in [-0.25, -0.2) is 9.78 Å². The van der Waals surface area contributed by atoms with E-state index in [9.17, 15) is 9.59 Å². The molecule has 1 atom stereocenters. The number of alkyl carbamates (subject to hydrolysis) is 1. The molecule has 1 aromatic heterocycles. The van der Waals surface area contributed by atoms with Crippen molar-refractivity contribution in [3.8, 4) is 11.1 Å². The van der Waals surface area contributed by atoms with E-state index in [-0.39, 0.29) is 32.1 Å². The van der Waals surface area contributed by atoms with E-state index in [1.54, 1.807) is 0 Å². The van der Waals surface area contributed by atoms with Crippen LogP contribution in [0.4, 0.5) is 4.79 Å². The third kappa shape index (κ3) is 7.99. The number of nitrogens with zero attached hydrogens (tertiary/aromatic N) is 2. The fraction of sp³-hybridized carbons (Fsp3) is 0.163. The molecule has 1 aliphatic rings. The molecule has 2 N–H and O–H groups in total. The number of amides is 1. The van der Waals surface area contributed by atoms with Gasteiger partial charge in [-0.1, -0.05) is 170 Å². The molecule has 6 aromatic carbocycles. The van der Waals surface area contributed by atoms with Crippen molar-refractivity contribution in [1.29, 1.82) is 0 Å². The average Bonchev–Trinajstić information content (AvgIpc) is 3.87. The number of hydrogen-bond acceptors (Lipinski definition) is 6. The Morgan fingerprint density at radius 3 is 1.70 bits per heavy atom. The minimum Gasteiger partial charge on any atom is -0.460 e. The number of nitrogens with one attached hydrogen (secondary N) is 2. The molecule has 8 nitrogen and oxygen atoms in total. The normalized spacial score (nSPS) is 12.6. The molecule has 0 saturated heterocycles. The van der Waals surface area contributed by atoms with Crippen LogP contribution in [0.15, 0.2) is 182 Å². The molecule has 1 aliphatic carbocycles. The first-order valence-electron chi connectivity index (χ1n) is 19.3. The third-order valence-corrected chi connectivity index (χ3v) is 10.6. The second-order valence-corrected chi connectivity index (χ2v) is 14.1. The van der Waals surface area contributed by atoms with E-state index >= 15 is 0 Å².